The second kappa shape index (κ2) is 3.79. The lowest BCUT2D eigenvalue weighted by Crippen LogP contribution is -1.89. The van der Waals surface area contributed by atoms with Crippen LogP contribution in [0.15, 0.2) is 42.6 Å². The lowest BCUT2D eigenvalue weighted by atomic mass is 10.3. The molecule has 14 heavy (non-hydrogen) atoms. The Morgan fingerprint density at radius 3 is 2.50 bits per heavy atom. The molecule has 2 N–H and O–H groups in total. The van der Waals surface area contributed by atoms with E-state index in [0.717, 1.165) is 11.4 Å². The number of pyridine rings is 1. The van der Waals surface area contributed by atoms with Crippen LogP contribution in [0.5, 0.6) is 5.88 Å². The Kier molecular flexibility index (Phi) is 2.32. The summed E-state index contributed by atoms with van der Waals surface area (Å²) in [5.41, 5.74) is 1.81. The maximum Gasteiger partial charge on any atom is 0.210 e. The third-order valence-corrected chi connectivity index (χ3v) is 1.75. The molecular weight excluding hydrogens is 176 g/mol. The van der Waals surface area contributed by atoms with E-state index in [-0.39, 0.29) is 5.88 Å². The predicted molar refractivity (Wildman–Crippen MR) is 54.5 cm³/mol. The minimum Gasteiger partial charge on any atom is -0.493 e. The lowest BCUT2D eigenvalue weighted by Gasteiger charge is -2.04. The van der Waals surface area contributed by atoms with Crippen molar-refractivity contribution in [1.82, 2.24) is 4.98 Å². The summed E-state index contributed by atoms with van der Waals surface area (Å²) in [5, 5.41) is 12.1. The maximum atomic E-state index is 8.98. The minimum atomic E-state index is 0.0249. The van der Waals surface area contributed by atoms with Gasteiger partial charge in [-0.05, 0) is 24.3 Å². The maximum absolute atomic E-state index is 8.98. The van der Waals surface area contributed by atoms with Crippen LogP contribution in [0.4, 0.5) is 11.4 Å². The number of rotatable bonds is 2. The van der Waals surface area contributed by atoms with Gasteiger partial charge >= 0.3 is 0 Å². The van der Waals surface area contributed by atoms with Crippen LogP contribution in [-0.4, -0.2) is 10.1 Å². The first kappa shape index (κ1) is 8.56. The van der Waals surface area contributed by atoms with Crippen LogP contribution in [0.2, 0.25) is 0 Å². The molecule has 0 amide bonds. The van der Waals surface area contributed by atoms with Gasteiger partial charge < -0.3 is 10.4 Å². The van der Waals surface area contributed by atoms with Crippen molar-refractivity contribution in [2.24, 2.45) is 0 Å². The first-order valence-corrected chi connectivity index (χ1v) is 4.23. The zero-order chi connectivity index (χ0) is 9.80. The average molecular weight is 185 g/mol. The van der Waals surface area contributed by atoms with E-state index in [2.05, 4.69) is 16.4 Å². The molecule has 0 fully saturated rings. The van der Waals surface area contributed by atoms with Gasteiger partial charge in [-0.1, -0.05) is 12.1 Å². The van der Waals surface area contributed by atoms with Crippen molar-refractivity contribution < 1.29 is 5.11 Å². The Labute approximate surface area is 82.1 Å². The SMILES string of the molecule is Oc1ccc(Nc2cc[c]cc2)cn1. The highest BCUT2D eigenvalue weighted by Gasteiger charge is 1.93. The molecule has 1 aromatic carbocycles. The second-order valence-electron chi connectivity index (χ2n) is 2.82. The average Bonchev–Trinajstić information content (AvgIpc) is 2.23. The van der Waals surface area contributed by atoms with Crippen molar-refractivity contribution in [3.63, 3.8) is 0 Å². The normalized spacial score (nSPS) is 9.71. The summed E-state index contributed by atoms with van der Waals surface area (Å²) >= 11 is 0. The number of benzene rings is 1. The molecule has 3 nitrogen and oxygen atoms in total. The van der Waals surface area contributed by atoms with Crippen LogP contribution >= 0.6 is 0 Å². The Morgan fingerprint density at radius 1 is 1.07 bits per heavy atom. The van der Waals surface area contributed by atoms with Gasteiger partial charge in [-0.2, -0.15) is 0 Å². The molecule has 0 unspecified atom stereocenters. The standard InChI is InChI=1S/C11H9N2O/c14-11-7-6-10(8-12-11)13-9-4-2-1-3-5-9/h2-8,13H,(H,12,14). The van der Waals surface area contributed by atoms with Crippen LogP contribution < -0.4 is 5.32 Å². The van der Waals surface area contributed by atoms with Crippen molar-refractivity contribution >= 4 is 11.4 Å². The van der Waals surface area contributed by atoms with Crippen molar-refractivity contribution in [1.29, 1.82) is 0 Å². The molecule has 2 rings (SSSR count). The number of aromatic nitrogens is 1. The monoisotopic (exact) mass is 185 g/mol. The van der Waals surface area contributed by atoms with Crippen LogP contribution in [-0.2, 0) is 0 Å². The zero-order valence-corrected chi connectivity index (χ0v) is 7.44. The summed E-state index contributed by atoms with van der Waals surface area (Å²) in [7, 11) is 0. The van der Waals surface area contributed by atoms with Crippen LogP contribution in [0.1, 0.15) is 0 Å². The molecule has 0 aliphatic rings. The Hall–Kier alpha value is -2.03. The van der Waals surface area contributed by atoms with E-state index < -0.39 is 0 Å². The molecule has 0 saturated heterocycles. The van der Waals surface area contributed by atoms with Crippen molar-refractivity contribution in [2.45, 2.75) is 0 Å². The number of hydrogen-bond acceptors (Lipinski definition) is 3. The van der Waals surface area contributed by atoms with Crippen LogP contribution in [0.3, 0.4) is 0 Å². The van der Waals surface area contributed by atoms with Gasteiger partial charge in [-0.3, -0.25) is 0 Å². The largest absolute Gasteiger partial charge is 0.493 e. The fourth-order valence-corrected chi connectivity index (χ4v) is 1.10. The molecule has 1 heterocycles. The van der Waals surface area contributed by atoms with Gasteiger partial charge in [0.05, 0.1) is 11.9 Å². The molecule has 0 aliphatic heterocycles. The summed E-state index contributed by atoms with van der Waals surface area (Å²) in [6.07, 6.45) is 1.58. The minimum absolute atomic E-state index is 0.0249. The Balaban J connectivity index is 2.16. The molecule has 1 radical (unpaired) electrons. The van der Waals surface area contributed by atoms with Gasteiger partial charge in [0.15, 0.2) is 0 Å². The Morgan fingerprint density at radius 2 is 1.86 bits per heavy atom. The highest BCUT2D eigenvalue weighted by atomic mass is 16.3. The van der Waals surface area contributed by atoms with Crippen molar-refractivity contribution in [3.8, 4) is 5.88 Å². The predicted octanol–water partition coefficient (Wildman–Crippen LogP) is 2.33. The topological polar surface area (TPSA) is 45.1 Å². The highest BCUT2D eigenvalue weighted by Crippen LogP contribution is 2.16. The molecule has 0 saturated carbocycles. The molecule has 0 aliphatic carbocycles. The number of aromatic hydroxyl groups is 1. The zero-order valence-electron chi connectivity index (χ0n) is 7.44. The number of hydrogen-bond donors (Lipinski definition) is 2. The lowest BCUT2D eigenvalue weighted by molar-refractivity contribution is 0.453. The smallest absolute Gasteiger partial charge is 0.210 e. The van der Waals surface area contributed by atoms with E-state index >= 15 is 0 Å². The quantitative estimate of drug-likeness (QED) is 0.754. The van der Waals surface area contributed by atoms with Gasteiger partial charge in [-0.15, -0.1) is 0 Å². The summed E-state index contributed by atoms with van der Waals surface area (Å²) in [6, 6.07) is 13.7. The van der Waals surface area contributed by atoms with Crippen molar-refractivity contribution in [2.75, 3.05) is 5.32 Å². The number of anilines is 2. The van der Waals surface area contributed by atoms with Crippen LogP contribution in [0.25, 0.3) is 0 Å². The second-order valence-corrected chi connectivity index (χ2v) is 2.82. The van der Waals surface area contributed by atoms with Gasteiger partial charge in [0.25, 0.3) is 0 Å². The third-order valence-electron chi connectivity index (χ3n) is 1.75. The summed E-state index contributed by atoms with van der Waals surface area (Å²) in [4.78, 5) is 3.76. The molecule has 3 heteroatoms. The van der Waals surface area contributed by atoms with Crippen LogP contribution in [0, 0.1) is 6.07 Å². The van der Waals surface area contributed by atoms with E-state index in [1.54, 1.807) is 12.3 Å². The summed E-state index contributed by atoms with van der Waals surface area (Å²) in [6.45, 7) is 0. The number of nitrogens with one attached hydrogen (secondary N) is 1. The highest BCUT2D eigenvalue weighted by molar-refractivity contribution is 5.58. The third kappa shape index (κ3) is 2.01. The first-order chi connectivity index (χ1) is 6.84. The molecule has 0 spiro atoms. The molecule has 69 valence electrons. The number of nitrogens with zero attached hydrogens (tertiary/aromatic N) is 1. The molecule has 2 aromatic rings. The van der Waals surface area contributed by atoms with E-state index in [1.165, 1.54) is 6.07 Å². The van der Waals surface area contributed by atoms with Crippen molar-refractivity contribution in [3.05, 3.63) is 48.7 Å². The molecule has 0 bridgehead atoms. The van der Waals surface area contributed by atoms with Gasteiger partial charge in [0.2, 0.25) is 5.88 Å². The van der Waals surface area contributed by atoms with Gasteiger partial charge in [0, 0.05) is 11.8 Å². The first-order valence-electron chi connectivity index (χ1n) is 4.23. The van der Waals surface area contributed by atoms with Gasteiger partial charge in [-0.25, -0.2) is 4.98 Å². The Bertz CT molecular complexity index is 397. The molecular formula is C11H9N2O. The van der Waals surface area contributed by atoms with E-state index in [9.17, 15) is 0 Å². The fraction of sp³-hybridized carbons (Fsp3) is 0. The van der Waals surface area contributed by atoms with Gasteiger partial charge in [0.1, 0.15) is 0 Å². The molecule has 1 aromatic heterocycles. The van der Waals surface area contributed by atoms with E-state index in [1.807, 2.05) is 24.3 Å². The van der Waals surface area contributed by atoms with E-state index in [0.29, 0.717) is 0 Å². The molecule has 0 atom stereocenters. The van der Waals surface area contributed by atoms with E-state index in [4.69, 9.17) is 5.11 Å². The summed E-state index contributed by atoms with van der Waals surface area (Å²) < 4.78 is 0. The summed E-state index contributed by atoms with van der Waals surface area (Å²) in [5.74, 6) is 0.0249. The fourth-order valence-electron chi connectivity index (χ4n) is 1.10.